The minimum absolute atomic E-state index is 0.0424. The Morgan fingerprint density at radius 2 is 2.21 bits per heavy atom. The van der Waals surface area contributed by atoms with Gasteiger partial charge in [0.15, 0.2) is 0 Å². The van der Waals surface area contributed by atoms with Gasteiger partial charge in [-0.05, 0) is 32.0 Å². The van der Waals surface area contributed by atoms with Crippen molar-refractivity contribution in [2.75, 3.05) is 13.2 Å². The molecule has 0 spiro atoms. The highest BCUT2D eigenvalue weighted by atomic mass is 19.1. The van der Waals surface area contributed by atoms with E-state index in [2.05, 4.69) is 23.4 Å². The van der Waals surface area contributed by atoms with Crippen LogP contribution in [0.25, 0.3) is 11.0 Å². The van der Waals surface area contributed by atoms with Crippen molar-refractivity contribution in [2.24, 2.45) is 5.73 Å². The molecule has 1 fully saturated rings. The molecule has 2 aromatic rings. The van der Waals surface area contributed by atoms with E-state index in [9.17, 15) is 4.39 Å². The number of fused-ring (bicyclic) bond motifs is 1. The molecule has 1 aliphatic heterocycles. The van der Waals surface area contributed by atoms with Crippen molar-refractivity contribution < 1.29 is 9.13 Å². The molecule has 19 heavy (non-hydrogen) atoms. The van der Waals surface area contributed by atoms with Gasteiger partial charge in [-0.15, -0.1) is 0 Å². The molecule has 0 aliphatic carbocycles. The molecular formula is C14H18FN3O. The first-order chi connectivity index (χ1) is 9.08. The highest BCUT2D eigenvalue weighted by molar-refractivity contribution is 5.76. The van der Waals surface area contributed by atoms with Crippen LogP contribution in [0.2, 0.25) is 0 Å². The first kappa shape index (κ1) is 12.6. The van der Waals surface area contributed by atoms with Crippen LogP contribution in [-0.2, 0) is 4.74 Å². The first-order valence-corrected chi connectivity index (χ1v) is 6.58. The maximum Gasteiger partial charge on any atom is 0.125 e. The number of nitrogens with two attached hydrogens (primary N) is 1. The monoisotopic (exact) mass is 263 g/mol. The van der Waals surface area contributed by atoms with Crippen LogP contribution >= 0.6 is 0 Å². The van der Waals surface area contributed by atoms with Crippen molar-refractivity contribution in [3.05, 3.63) is 29.8 Å². The number of ether oxygens (including phenoxy) is 1. The molecule has 2 N–H and O–H groups in total. The fourth-order valence-electron chi connectivity index (χ4n) is 2.73. The topological polar surface area (TPSA) is 53.1 Å². The summed E-state index contributed by atoms with van der Waals surface area (Å²) in [6.07, 6.45) is 0. The molecule has 1 aromatic carbocycles. The summed E-state index contributed by atoms with van der Waals surface area (Å²) in [5.41, 5.74) is 7.71. The highest BCUT2D eigenvalue weighted by Gasteiger charge is 2.31. The third kappa shape index (κ3) is 2.03. The van der Waals surface area contributed by atoms with Crippen LogP contribution in [0, 0.1) is 5.82 Å². The van der Waals surface area contributed by atoms with Gasteiger partial charge in [-0.1, -0.05) is 0 Å². The van der Waals surface area contributed by atoms with Crippen molar-refractivity contribution in [3.8, 4) is 0 Å². The maximum absolute atomic E-state index is 13.5. The zero-order chi connectivity index (χ0) is 13.6. The summed E-state index contributed by atoms with van der Waals surface area (Å²) in [6.45, 7) is 5.27. The summed E-state index contributed by atoms with van der Waals surface area (Å²) in [5.74, 6) is 0.742. The highest BCUT2D eigenvalue weighted by Crippen LogP contribution is 2.30. The Morgan fingerprint density at radius 1 is 1.42 bits per heavy atom. The molecule has 1 aromatic heterocycles. The molecule has 3 rings (SSSR count). The second-order valence-corrected chi connectivity index (χ2v) is 5.37. The lowest BCUT2D eigenvalue weighted by Crippen LogP contribution is -2.29. The summed E-state index contributed by atoms with van der Waals surface area (Å²) in [6, 6.07) is 4.85. The molecule has 1 saturated heterocycles. The minimum Gasteiger partial charge on any atom is -0.379 e. The van der Waals surface area contributed by atoms with Crippen LogP contribution in [0.15, 0.2) is 18.2 Å². The second kappa shape index (κ2) is 4.58. The molecule has 0 bridgehead atoms. The predicted octanol–water partition coefficient (Wildman–Crippen LogP) is 2.20. The van der Waals surface area contributed by atoms with Crippen LogP contribution in [0.5, 0.6) is 0 Å². The minimum atomic E-state index is -0.243. The third-order valence-electron chi connectivity index (χ3n) is 3.65. The van der Waals surface area contributed by atoms with E-state index >= 15 is 0 Å². The van der Waals surface area contributed by atoms with E-state index in [0.29, 0.717) is 13.2 Å². The van der Waals surface area contributed by atoms with Gasteiger partial charge in [0.1, 0.15) is 11.6 Å². The molecule has 2 unspecified atom stereocenters. The standard InChI is InChI=1S/C14H18FN3O/c1-8(2)18-13-5-9(15)3-4-12(13)17-14(18)10-6-19-7-11(10)16/h3-5,8,10-11H,6-7,16H2,1-2H3. The average molecular weight is 263 g/mol. The third-order valence-corrected chi connectivity index (χ3v) is 3.65. The quantitative estimate of drug-likeness (QED) is 0.903. The van der Waals surface area contributed by atoms with Gasteiger partial charge in [0.25, 0.3) is 0 Å². The number of hydrogen-bond acceptors (Lipinski definition) is 3. The Kier molecular flexibility index (Phi) is 3.03. The molecule has 0 saturated carbocycles. The number of aromatic nitrogens is 2. The lowest BCUT2D eigenvalue weighted by Gasteiger charge is -2.18. The fourth-order valence-corrected chi connectivity index (χ4v) is 2.73. The molecule has 2 heterocycles. The van der Waals surface area contributed by atoms with Gasteiger partial charge in [0.05, 0.1) is 30.2 Å². The number of halogens is 1. The zero-order valence-electron chi connectivity index (χ0n) is 11.1. The van der Waals surface area contributed by atoms with E-state index in [1.54, 1.807) is 6.07 Å². The van der Waals surface area contributed by atoms with E-state index in [1.165, 1.54) is 12.1 Å². The maximum atomic E-state index is 13.5. The lowest BCUT2D eigenvalue weighted by molar-refractivity contribution is 0.190. The van der Waals surface area contributed by atoms with Crippen molar-refractivity contribution in [3.63, 3.8) is 0 Å². The summed E-state index contributed by atoms with van der Waals surface area (Å²) >= 11 is 0. The first-order valence-electron chi connectivity index (χ1n) is 6.58. The fraction of sp³-hybridized carbons (Fsp3) is 0.500. The normalized spacial score (nSPS) is 23.6. The van der Waals surface area contributed by atoms with Gasteiger partial charge in [-0.25, -0.2) is 9.37 Å². The summed E-state index contributed by atoms with van der Waals surface area (Å²) in [7, 11) is 0. The Labute approximate surface area is 111 Å². The van der Waals surface area contributed by atoms with Crippen LogP contribution in [0.1, 0.15) is 31.6 Å². The van der Waals surface area contributed by atoms with E-state index < -0.39 is 0 Å². The Bertz CT molecular complexity index is 608. The van der Waals surface area contributed by atoms with Crippen molar-refractivity contribution in [1.29, 1.82) is 0 Å². The van der Waals surface area contributed by atoms with Crippen LogP contribution in [0.3, 0.4) is 0 Å². The van der Waals surface area contributed by atoms with E-state index in [-0.39, 0.29) is 23.8 Å². The molecule has 0 amide bonds. The van der Waals surface area contributed by atoms with Crippen LogP contribution in [0.4, 0.5) is 4.39 Å². The number of benzene rings is 1. The van der Waals surface area contributed by atoms with Gasteiger partial charge in [0.2, 0.25) is 0 Å². The summed E-state index contributed by atoms with van der Waals surface area (Å²) in [5, 5.41) is 0. The predicted molar refractivity (Wildman–Crippen MR) is 71.6 cm³/mol. The number of nitrogens with zero attached hydrogens (tertiary/aromatic N) is 2. The number of rotatable bonds is 2. The molecule has 1 aliphatic rings. The zero-order valence-corrected chi connectivity index (χ0v) is 11.1. The van der Waals surface area contributed by atoms with E-state index in [4.69, 9.17) is 10.5 Å². The van der Waals surface area contributed by atoms with Gasteiger partial charge in [-0.3, -0.25) is 0 Å². The second-order valence-electron chi connectivity index (χ2n) is 5.37. The van der Waals surface area contributed by atoms with Crippen LogP contribution < -0.4 is 5.73 Å². The van der Waals surface area contributed by atoms with Gasteiger partial charge in [0, 0.05) is 12.1 Å². The van der Waals surface area contributed by atoms with E-state index in [1.807, 2.05) is 0 Å². The Balaban J connectivity index is 2.20. The van der Waals surface area contributed by atoms with Crippen molar-refractivity contribution in [2.45, 2.75) is 31.8 Å². The smallest absolute Gasteiger partial charge is 0.125 e. The molecular weight excluding hydrogens is 245 g/mol. The number of imidazole rings is 1. The number of hydrogen-bond donors (Lipinski definition) is 1. The van der Waals surface area contributed by atoms with Gasteiger partial charge < -0.3 is 15.0 Å². The van der Waals surface area contributed by atoms with Crippen molar-refractivity contribution >= 4 is 11.0 Å². The van der Waals surface area contributed by atoms with Crippen molar-refractivity contribution in [1.82, 2.24) is 9.55 Å². The Morgan fingerprint density at radius 3 is 2.84 bits per heavy atom. The summed E-state index contributed by atoms with van der Waals surface area (Å²) < 4.78 is 20.9. The van der Waals surface area contributed by atoms with Gasteiger partial charge in [-0.2, -0.15) is 0 Å². The molecule has 4 nitrogen and oxygen atoms in total. The lowest BCUT2D eigenvalue weighted by atomic mass is 10.0. The molecule has 0 radical (unpaired) electrons. The Hall–Kier alpha value is -1.46. The molecule has 102 valence electrons. The largest absolute Gasteiger partial charge is 0.379 e. The van der Waals surface area contributed by atoms with Crippen LogP contribution in [-0.4, -0.2) is 28.8 Å². The van der Waals surface area contributed by atoms with Gasteiger partial charge >= 0.3 is 0 Å². The summed E-state index contributed by atoms with van der Waals surface area (Å²) in [4.78, 5) is 4.64. The SMILES string of the molecule is CC(C)n1c(C2COCC2N)nc2ccc(F)cc21. The molecule has 5 heteroatoms. The molecule has 2 atom stereocenters. The average Bonchev–Trinajstić information content (AvgIpc) is 2.91. The van der Waals surface area contributed by atoms with E-state index in [0.717, 1.165) is 16.9 Å².